The second-order valence-electron chi connectivity index (χ2n) is 3.33. The zero-order valence-corrected chi connectivity index (χ0v) is 10.7. The Morgan fingerprint density at radius 3 is 2.79 bits per heavy atom. The topological polar surface area (TPSA) is 30.7 Å². The van der Waals surface area contributed by atoms with E-state index in [1.807, 2.05) is 10.7 Å². The van der Waals surface area contributed by atoms with Crippen LogP contribution in [0.25, 0.3) is 11.0 Å². The van der Waals surface area contributed by atoms with Gasteiger partial charge in [-0.05, 0) is 48.6 Å². The van der Waals surface area contributed by atoms with Gasteiger partial charge in [-0.3, -0.25) is 0 Å². The van der Waals surface area contributed by atoms with Gasteiger partial charge in [0.05, 0.1) is 5.39 Å². The van der Waals surface area contributed by atoms with Gasteiger partial charge in [-0.2, -0.15) is 5.10 Å². The van der Waals surface area contributed by atoms with Crippen molar-refractivity contribution < 1.29 is 0 Å². The number of halogens is 2. The van der Waals surface area contributed by atoms with E-state index < -0.39 is 0 Å². The molecule has 0 unspecified atom stereocenters. The third-order valence-electron chi connectivity index (χ3n) is 1.97. The average molecular weight is 322 g/mol. The van der Waals surface area contributed by atoms with Crippen molar-refractivity contribution in [3.05, 3.63) is 21.0 Å². The van der Waals surface area contributed by atoms with Gasteiger partial charge in [0.15, 0.2) is 5.65 Å². The predicted octanol–water partition coefficient (Wildman–Crippen LogP) is 3.27. The Morgan fingerprint density at radius 2 is 2.14 bits per heavy atom. The van der Waals surface area contributed by atoms with E-state index in [0.717, 1.165) is 14.7 Å². The Hall–Kier alpha value is -0.360. The van der Waals surface area contributed by atoms with Gasteiger partial charge < -0.3 is 0 Å². The number of aromatic nitrogens is 3. The molecule has 0 amide bonds. The third-order valence-corrected chi connectivity index (χ3v) is 2.97. The number of nitrogens with zero attached hydrogens (tertiary/aromatic N) is 3. The Kier molecular flexibility index (Phi) is 2.66. The molecule has 0 atom stereocenters. The van der Waals surface area contributed by atoms with Crippen molar-refractivity contribution in [1.82, 2.24) is 14.8 Å². The van der Waals surface area contributed by atoms with Crippen LogP contribution in [0.1, 0.15) is 19.9 Å². The molecule has 2 rings (SSSR count). The molecule has 5 heteroatoms. The molecule has 2 aromatic heterocycles. The van der Waals surface area contributed by atoms with Crippen molar-refractivity contribution in [2.24, 2.45) is 0 Å². The summed E-state index contributed by atoms with van der Waals surface area (Å²) < 4.78 is 2.86. The molecule has 0 fully saturated rings. The minimum atomic E-state index is 0.298. The van der Waals surface area contributed by atoms with Crippen LogP contribution in [0.3, 0.4) is 0 Å². The lowest BCUT2D eigenvalue weighted by Gasteiger charge is -2.05. The lowest BCUT2D eigenvalue weighted by atomic mass is 10.3. The van der Waals surface area contributed by atoms with E-state index in [0.29, 0.717) is 11.2 Å². The molecule has 74 valence electrons. The zero-order chi connectivity index (χ0) is 10.3. The van der Waals surface area contributed by atoms with Crippen LogP contribution in [-0.4, -0.2) is 14.8 Å². The summed E-state index contributed by atoms with van der Waals surface area (Å²) in [6.45, 7) is 4.15. The Labute approximate surface area is 101 Å². The van der Waals surface area contributed by atoms with Crippen molar-refractivity contribution in [1.29, 1.82) is 0 Å². The first-order valence-corrected chi connectivity index (χ1v) is 5.75. The van der Waals surface area contributed by atoms with Crippen LogP contribution in [0.2, 0.25) is 5.15 Å². The summed E-state index contributed by atoms with van der Waals surface area (Å²) in [7, 11) is 0. The molecule has 0 radical (unpaired) electrons. The van der Waals surface area contributed by atoms with Gasteiger partial charge in [-0.1, -0.05) is 11.6 Å². The van der Waals surface area contributed by atoms with Crippen molar-refractivity contribution in [2.45, 2.75) is 19.9 Å². The Bertz CT molecular complexity index is 478. The van der Waals surface area contributed by atoms with Gasteiger partial charge in [0.25, 0.3) is 0 Å². The largest absolute Gasteiger partial charge is 0.244 e. The normalized spacial score (nSPS) is 11.5. The van der Waals surface area contributed by atoms with Gasteiger partial charge >= 0.3 is 0 Å². The molecule has 2 aromatic rings. The van der Waals surface area contributed by atoms with Crippen LogP contribution in [-0.2, 0) is 0 Å². The first-order chi connectivity index (χ1) is 6.59. The highest BCUT2D eigenvalue weighted by Crippen LogP contribution is 2.22. The highest BCUT2D eigenvalue weighted by atomic mass is 127. The van der Waals surface area contributed by atoms with Crippen LogP contribution in [0.4, 0.5) is 0 Å². The van der Waals surface area contributed by atoms with Crippen molar-refractivity contribution in [3.63, 3.8) is 0 Å². The zero-order valence-electron chi connectivity index (χ0n) is 7.83. The molecule has 14 heavy (non-hydrogen) atoms. The first kappa shape index (κ1) is 10.2. The van der Waals surface area contributed by atoms with E-state index in [9.17, 15) is 0 Å². The fourth-order valence-electron chi connectivity index (χ4n) is 1.32. The van der Waals surface area contributed by atoms with Crippen LogP contribution >= 0.6 is 34.2 Å². The Morgan fingerprint density at radius 1 is 1.43 bits per heavy atom. The predicted molar refractivity (Wildman–Crippen MR) is 65.6 cm³/mol. The van der Waals surface area contributed by atoms with Gasteiger partial charge in [0, 0.05) is 6.04 Å². The summed E-state index contributed by atoms with van der Waals surface area (Å²) in [6, 6.07) is 4.04. The summed E-state index contributed by atoms with van der Waals surface area (Å²) in [5, 5.41) is 5.98. The SMILES string of the molecule is CC(C)n1nc(I)c2ccc(Cl)nc21. The molecule has 2 heterocycles. The lowest BCUT2D eigenvalue weighted by Crippen LogP contribution is -2.03. The van der Waals surface area contributed by atoms with E-state index in [1.54, 1.807) is 6.07 Å². The molecule has 0 saturated heterocycles. The van der Waals surface area contributed by atoms with E-state index >= 15 is 0 Å². The summed E-state index contributed by atoms with van der Waals surface area (Å²) in [5.74, 6) is 0. The summed E-state index contributed by atoms with van der Waals surface area (Å²) in [5.41, 5.74) is 0.858. The monoisotopic (exact) mass is 321 g/mol. The molecular formula is C9H9ClIN3. The number of hydrogen-bond acceptors (Lipinski definition) is 2. The van der Waals surface area contributed by atoms with Crippen molar-refractivity contribution >= 4 is 45.2 Å². The maximum atomic E-state index is 5.85. The van der Waals surface area contributed by atoms with Gasteiger partial charge in [-0.25, -0.2) is 9.67 Å². The molecule has 0 bridgehead atoms. The maximum absolute atomic E-state index is 5.85. The van der Waals surface area contributed by atoms with Gasteiger partial charge in [0.2, 0.25) is 0 Å². The quantitative estimate of drug-likeness (QED) is 0.596. The first-order valence-electron chi connectivity index (χ1n) is 4.30. The van der Waals surface area contributed by atoms with Crippen LogP contribution in [0.15, 0.2) is 12.1 Å². The van der Waals surface area contributed by atoms with Crippen molar-refractivity contribution in [3.8, 4) is 0 Å². The second kappa shape index (κ2) is 3.66. The molecule has 0 spiro atoms. The van der Waals surface area contributed by atoms with Crippen LogP contribution < -0.4 is 0 Å². The number of rotatable bonds is 1. The molecule has 0 aromatic carbocycles. The molecule has 0 aliphatic heterocycles. The summed E-state index contributed by atoms with van der Waals surface area (Å²) in [6.07, 6.45) is 0. The van der Waals surface area contributed by atoms with Crippen LogP contribution in [0, 0.1) is 3.70 Å². The fourth-order valence-corrected chi connectivity index (χ4v) is 2.11. The highest BCUT2D eigenvalue weighted by Gasteiger charge is 2.11. The van der Waals surface area contributed by atoms with Gasteiger partial charge in [-0.15, -0.1) is 0 Å². The second-order valence-corrected chi connectivity index (χ2v) is 4.74. The molecule has 0 N–H and O–H groups in total. The fraction of sp³-hybridized carbons (Fsp3) is 0.333. The summed E-state index contributed by atoms with van der Waals surface area (Å²) >= 11 is 8.06. The lowest BCUT2D eigenvalue weighted by molar-refractivity contribution is 0.543. The average Bonchev–Trinajstić information content (AvgIpc) is 2.43. The molecule has 0 aliphatic rings. The smallest absolute Gasteiger partial charge is 0.160 e. The molecular weight excluding hydrogens is 312 g/mol. The molecule has 0 aliphatic carbocycles. The van der Waals surface area contributed by atoms with E-state index in [-0.39, 0.29) is 0 Å². The minimum absolute atomic E-state index is 0.298. The summed E-state index contributed by atoms with van der Waals surface area (Å²) in [4.78, 5) is 4.28. The van der Waals surface area contributed by atoms with E-state index in [4.69, 9.17) is 11.6 Å². The van der Waals surface area contributed by atoms with Crippen molar-refractivity contribution in [2.75, 3.05) is 0 Å². The highest BCUT2D eigenvalue weighted by molar-refractivity contribution is 14.1. The third kappa shape index (κ3) is 1.61. The van der Waals surface area contributed by atoms with Crippen LogP contribution in [0.5, 0.6) is 0 Å². The minimum Gasteiger partial charge on any atom is -0.244 e. The maximum Gasteiger partial charge on any atom is 0.160 e. The Balaban J connectivity index is 2.79. The van der Waals surface area contributed by atoms with Gasteiger partial charge in [0.1, 0.15) is 8.85 Å². The number of hydrogen-bond donors (Lipinski definition) is 0. The standard InChI is InChI=1S/C9H9ClIN3/c1-5(2)14-9-6(8(11)13-14)3-4-7(10)12-9/h3-5H,1-2H3. The van der Waals surface area contributed by atoms with E-state index in [1.165, 1.54) is 0 Å². The molecule has 3 nitrogen and oxygen atoms in total. The number of fused-ring (bicyclic) bond motifs is 1. The molecule has 0 saturated carbocycles. The number of pyridine rings is 1. The van der Waals surface area contributed by atoms with E-state index in [2.05, 4.69) is 46.5 Å².